The second-order valence-electron chi connectivity index (χ2n) is 4.65. The van der Waals surface area contributed by atoms with Crippen molar-refractivity contribution in [1.82, 2.24) is 4.98 Å². The molecule has 0 radical (unpaired) electrons. The van der Waals surface area contributed by atoms with Gasteiger partial charge >= 0.3 is 5.97 Å². The molecule has 1 heterocycles. The van der Waals surface area contributed by atoms with Gasteiger partial charge in [0.05, 0.1) is 22.5 Å². The maximum Gasteiger partial charge on any atom is 0.335 e. The Kier molecular flexibility index (Phi) is 3.80. The molecule has 0 aliphatic carbocycles. The van der Waals surface area contributed by atoms with Gasteiger partial charge in [-0.05, 0) is 48.5 Å². The van der Waals surface area contributed by atoms with Gasteiger partial charge in [0.2, 0.25) is 0 Å². The highest BCUT2D eigenvalue weighted by molar-refractivity contribution is 6.31. The van der Waals surface area contributed by atoms with Crippen LogP contribution in [-0.4, -0.2) is 16.1 Å². The van der Waals surface area contributed by atoms with Gasteiger partial charge in [-0.15, -0.1) is 0 Å². The summed E-state index contributed by atoms with van der Waals surface area (Å²) in [5.74, 6) is -0.948. The van der Waals surface area contributed by atoms with E-state index in [0.717, 1.165) is 22.3 Å². The van der Waals surface area contributed by atoms with Gasteiger partial charge in [-0.3, -0.25) is 4.98 Å². The Bertz CT molecular complexity index is 834. The van der Waals surface area contributed by atoms with Crippen molar-refractivity contribution < 1.29 is 9.90 Å². The topological polar surface area (TPSA) is 74.2 Å². The minimum Gasteiger partial charge on any atom is -0.478 e. The minimum absolute atomic E-state index is 0.245. The van der Waals surface area contributed by atoms with Crippen LogP contribution in [-0.2, 0) is 0 Å². The van der Waals surface area contributed by atoms with Crippen molar-refractivity contribution in [1.29, 1.82) is 0 Å². The van der Waals surface area contributed by atoms with Crippen LogP contribution in [0.5, 0.6) is 0 Å². The zero-order valence-corrected chi connectivity index (χ0v) is 12.1. The van der Waals surface area contributed by atoms with E-state index in [1.807, 2.05) is 12.1 Å². The lowest BCUT2D eigenvalue weighted by Gasteiger charge is -2.12. The van der Waals surface area contributed by atoms with E-state index < -0.39 is 5.97 Å². The van der Waals surface area contributed by atoms with E-state index in [4.69, 9.17) is 16.7 Å². The van der Waals surface area contributed by atoms with Crippen LogP contribution in [0.1, 0.15) is 10.4 Å². The summed E-state index contributed by atoms with van der Waals surface area (Å²) in [5, 5.41) is 10.4. The molecule has 3 N–H and O–H groups in total. The van der Waals surface area contributed by atoms with Crippen LogP contribution < -0.4 is 10.9 Å². The highest BCUT2D eigenvalue weighted by Gasteiger charge is 2.04. The average Bonchev–Trinajstić information content (AvgIpc) is 2.52. The molecule has 0 atom stereocenters. The summed E-state index contributed by atoms with van der Waals surface area (Å²) >= 11 is 5.96. The lowest BCUT2D eigenvalue weighted by Crippen LogP contribution is -2.09. The van der Waals surface area contributed by atoms with Gasteiger partial charge in [0.1, 0.15) is 0 Å². The summed E-state index contributed by atoms with van der Waals surface area (Å²) in [6.07, 6.45) is 1.69. The van der Waals surface area contributed by atoms with Crippen LogP contribution >= 0.6 is 11.6 Å². The summed E-state index contributed by atoms with van der Waals surface area (Å²) in [7, 11) is 0. The molecule has 0 saturated carbocycles. The molecule has 0 bridgehead atoms. The normalized spacial score (nSPS) is 10.4. The van der Waals surface area contributed by atoms with E-state index in [1.165, 1.54) is 12.1 Å². The number of fused-ring (bicyclic) bond motifs is 1. The van der Waals surface area contributed by atoms with E-state index in [9.17, 15) is 4.79 Å². The van der Waals surface area contributed by atoms with Crippen LogP contribution in [0, 0.1) is 0 Å². The Morgan fingerprint density at radius 3 is 2.55 bits per heavy atom. The number of nitrogens with zero attached hydrogens (tertiary/aromatic N) is 1. The fourth-order valence-electron chi connectivity index (χ4n) is 2.07. The summed E-state index contributed by atoms with van der Waals surface area (Å²) < 4.78 is 0. The summed E-state index contributed by atoms with van der Waals surface area (Å²) in [6, 6.07) is 13.8. The van der Waals surface area contributed by atoms with Crippen LogP contribution in [0.4, 0.5) is 11.4 Å². The molecule has 0 spiro atoms. The second kappa shape index (κ2) is 5.91. The molecule has 0 fully saturated rings. The molecule has 0 aliphatic rings. The highest BCUT2D eigenvalue weighted by Crippen LogP contribution is 2.24. The number of rotatable bonds is 4. The second-order valence-corrected chi connectivity index (χ2v) is 5.09. The van der Waals surface area contributed by atoms with E-state index >= 15 is 0 Å². The van der Waals surface area contributed by atoms with Crippen molar-refractivity contribution >= 4 is 39.8 Å². The molecule has 5 nitrogen and oxygen atoms in total. The van der Waals surface area contributed by atoms with Crippen LogP contribution in [0.25, 0.3) is 10.9 Å². The first-order valence-corrected chi connectivity index (χ1v) is 6.91. The summed E-state index contributed by atoms with van der Waals surface area (Å²) in [6.45, 7) is 0. The largest absolute Gasteiger partial charge is 0.478 e. The molecular weight excluding hydrogens is 302 g/mol. The lowest BCUT2D eigenvalue weighted by molar-refractivity contribution is 0.0697. The van der Waals surface area contributed by atoms with Crippen LogP contribution in [0.15, 0.2) is 54.7 Å². The van der Waals surface area contributed by atoms with E-state index in [0.29, 0.717) is 5.02 Å². The third-order valence-electron chi connectivity index (χ3n) is 3.18. The zero-order valence-electron chi connectivity index (χ0n) is 11.4. The molecule has 0 saturated heterocycles. The molecule has 22 heavy (non-hydrogen) atoms. The van der Waals surface area contributed by atoms with Gasteiger partial charge in [-0.1, -0.05) is 11.6 Å². The Morgan fingerprint density at radius 1 is 1.05 bits per heavy atom. The summed E-state index contributed by atoms with van der Waals surface area (Å²) in [4.78, 5) is 15.1. The number of carbonyl (C=O) groups is 1. The number of benzene rings is 2. The first kappa shape index (κ1) is 14.2. The molecule has 0 amide bonds. The zero-order chi connectivity index (χ0) is 15.5. The first-order valence-electron chi connectivity index (χ1n) is 6.53. The van der Waals surface area contributed by atoms with Gasteiger partial charge < -0.3 is 16.0 Å². The van der Waals surface area contributed by atoms with Crippen LogP contribution in [0.3, 0.4) is 0 Å². The standard InChI is InChI=1S/C16H12ClN3O2/c17-11-3-6-13-14(7-8-18-15(13)9-11)20-19-12-4-1-10(2-5-12)16(21)22/h1-9,19H,(H,18,20)(H,21,22). The molecule has 0 aliphatic heterocycles. The third kappa shape index (κ3) is 2.94. The smallest absolute Gasteiger partial charge is 0.335 e. The van der Waals surface area contributed by atoms with Crippen molar-refractivity contribution in [3.8, 4) is 0 Å². The number of aromatic nitrogens is 1. The fourth-order valence-corrected chi connectivity index (χ4v) is 2.23. The van der Waals surface area contributed by atoms with E-state index in [1.54, 1.807) is 30.5 Å². The first-order chi connectivity index (χ1) is 10.6. The van der Waals surface area contributed by atoms with Gasteiger partial charge in [0.15, 0.2) is 0 Å². The van der Waals surface area contributed by atoms with Crippen molar-refractivity contribution in [3.63, 3.8) is 0 Å². The molecule has 110 valence electrons. The molecule has 6 heteroatoms. The van der Waals surface area contributed by atoms with E-state index in [-0.39, 0.29) is 5.56 Å². The van der Waals surface area contributed by atoms with Crippen LogP contribution in [0.2, 0.25) is 5.02 Å². The Balaban J connectivity index is 1.80. The lowest BCUT2D eigenvalue weighted by atomic mass is 10.2. The van der Waals surface area contributed by atoms with Crippen molar-refractivity contribution in [2.75, 3.05) is 10.9 Å². The minimum atomic E-state index is -0.948. The number of anilines is 2. The molecule has 0 unspecified atom stereocenters. The number of halogens is 1. The van der Waals surface area contributed by atoms with Crippen molar-refractivity contribution in [2.45, 2.75) is 0 Å². The Morgan fingerprint density at radius 2 is 1.82 bits per heavy atom. The Labute approximate surface area is 131 Å². The number of hydrogen-bond acceptors (Lipinski definition) is 4. The molecule has 2 aromatic carbocycles. The van der Waals surface area contributed by atoms with Gasteiger partial charge in [-0.25, -0.2) is 4.79 Å². The predicted molar refractivity (Wildman–Crippen MR) is 87.4 cm³/mol. The quantitative estimate of drug-likeness (QED) is 0.634. The number of aromatic carboxylic acids is 1. The van der Waals surface area contributed by atoms with Gasteiger partial charge in [-0.2, -0.15) is 0 Å². The third-order valence-corrected chi connectivity index (χ3v) is 3.41. The fraction of sp³-hybridized carbons (Fsp3) is 0. The summed E-state index contributed by atoms with van der Waals surface area (Å²) in [5.41, 5.74) is 8.76. The molecule has 3 rings (SSSR count). The monoisotopic (exact) mass is 313 g/mol. The van der Waals surface area contributed by atoms with Crippen molar-refractivity contribution in [3.05, 3.63) is 65.3 Å². The maximum atomic E-state index is 10.8. The number of hydrazine groups is 1. The Hall–Kier alpha value is -2.79. The molecular formula is C16H12ClN3O2. The number of carboxylic acids is 1. The maximum absolute atomic E-state index is 10.8. The predicted octanol–water partition coefficient (Wildman–Crippen LogP) is 4.03. The average molecular weight is 314 g/mol. The molecule has 1 aromatic heterocycles. The highest BCUT2D eigenvalue weighted by atomic mass is 35.5. The van der Waals surface area contributed by atoms with E-state index in [2.05, 4.69) is 15.8 Å². The number of pyridine rings is 1. The number of hydrogen-bond donors (Lipinski definition) is 3. The van der Waals surface area contributed by atoms with Gasteiger partial charge in [0.25, 0.3) is 0 Å². The number of nitrogens with one attached hydrogen (secondary N) is 2. The van der Waals surface area contributed by atoms with Gasteiger partial charge in [0, 0.05) is 16.6 Å². The molecule has 3 aromatic rings. The SMILES string of the molecule is O=C(O)c1ccc(NNc2ccnc3cc(Cl)ccc23)cc1. The number of carboxylic acid groups (broad SMARTS) is 1. The van der Waals surface area contributed by atoms with Crippen molar-refractivity contribution in [2.24, 2.45) is 0 Å².